The molecule has 0 spiro atoms. The van der Waals surface area contributed by atoms with Crippen LogP contribution in [0.5, 0.6) is 0 Å². The predicted octanol–water partition coefficient (Wildman–Crippen LogP) is 0.372. The van der Waals surface area contributed by atoms with Gasteiger partial charge in [0, 0.05) is 20.2 Å². The van der Waals surface area contributed by atoms with Gasteiger partial charge in [-0.25, -0.2) is 4.79 Å². The van der Waals surface area contributed by atoms with Crippen LogP contribution in [0.4, 0.5) is 5.69 Å². The van der Waals surface area contributed by atoms with Crippen LogP contribution in [0.2, 0.25) is 0 Å². The van der Waals surface area contributed by atoms with Gasteiger partial charge in [-0.15, -0.1) is 0 Å². The van der Waals surface area contributed by atoms with Crippen molar-refractivity contribution in [2.45, 2.75) is 6.10 Å². The highest BCUT2D eigenvalue weighted by atomic mass is 32.2. The lowest BCUT2D eigenvalue weighted by atomic mass is 10.2. The van der Waals surface area contributed by atoms with Crippen LogP contribution in [-0.2, 0) is 14.9 Å². The van der Waals surface area contributed by atoms with Crippen LogP contribution in [0.3, 0.4) is 0 Å². The molecule has 1 aromatic rings. The minimum atomic E-state index is -3.74. The minimum Gasteiger partial charge on any atom is -0.478 e. The first-order valence-corrected chi connectivity index (χ1v) is 7.01. The molecular weight excluding hydrogens is 272 g/mol. The van der Waals surface area contributed by atoms with E-state index in [9.17, 15) is 13.2 Å². The van der Waals surface area contributed by atoms with Crippen molar-refractivity contribution in [3.63, 3.8) is 0 Å². The van der Waals surface area contributed by atoms with Crippen molar-refractivity contribution < 1.29 is 23.1 Å². The summed E-state index contributed by atoms with van der Waals surface area (Å²) in [5.74, 6) is -1.18. The second-order valence-corrected chi connectivity index (χ2v) is 5.80. The maximum atomic E-state index is 12.0. The van der Waals surface area contributed by atoms with Gasteiger partial charge in [0.2, 0.25) is 0 Å². The molecule has 1 aromatic carbocycles. The molecule has 8 heteroatoms. The summed E-state index contributed by atoms with van der Waals surface area (Å²) < 4.78 is 32.4. The zero-order valence-electron chi connectivity index (χ0n) is 10.2. The van der Waals surface area contributed by atoms with E-state index in [2.05, 4.69) is 4.72 Å². The molecule has 1 aliphatic rings. The average molecular weight is 286 g/mol. The summed E-state index contributed by atoms with van der Waals surface area (Å²) in [6.07, 6.45) is -0.105. The van der Waals surface area contributed by atoms with E-state index >= 15 is 0 Å². The number of aromatic carboxylic acids is 1. The number of hydrogen-bond acceptors (Lipinski definition) is 4. The van der Waals surface area contributed by atoms with E-state index in [1.54, 1.807) is 6.07 Å². The number of nitrogens with zero attached hydrogens (tertiary/aromatic N) is 1. The number of ether oxygens (including phenoxy) is 1. The maximum Gasteiger partial charge on any atom is 0.337 e. The Morgan fingerprint density at radius 3 is 2.63 bits per heavy atom. The number of nitrogens with one attached hydrogen (secondary N) is 1. The highest BCUT2D eigenvalue weighted by Crippen LogP contribution is 2.21. The van der Waals surface area contributed by atoms with E-state index in [1.165, 1.54) is 29.6 Å². The first-order chi connectivity index (χ1) is 8.94. The zero-order chi connectivity index (χ0) is 14.0. The van der Waals surface area contributed by atoms with Crippen LogP contribution in [0.15, 0.2) is 24.3 Å². The molecule has 0 unspecified atom stereocenters. The van der Waals surface area contributed by atoms with Crippen molar-refractivity contribution in [1.82, 2.24) is 4.31 Å². The maximum absolute atomic E-state index is 12.0. The molecule has 1 aliphatic heterocycles. The van der Waals surface area contributed by atoms with Crippen LogP contribution >= 0.6 is 0 Å². The number of hydrogen-bond donors (Lipinski definition) is 2. The number of anilines is 1. The van der Waals surface area contributed by atoms with Gasteiger partial charge in [-0.2, -0.15) is 12.7 Å². The Hall–Kier alpha value is -1.64. The standard InChI is InChI=1S/C11H14N2O5S/c1-18-8-6-13(7-8)19(16,17)12-10-5-3-2-4-9(10)11(14)15/h2-5,8,12H,6-7H2,1H3,(H,14,15). The Morgan fingerprint density at radius 1 is 1.42 bits per heavy atom. The van der Waals surface area contributed by atoms with Gasteiger partial charge in [0.05, 0.1) is 17.4 Å². The molecule has 0 saturated carbocycles. The fraction of sp³-hybridized carbons (Fsp3) is 0.364. The van der Waals surface area contributed by atoms with E-state index in [4.69, 9.17) is 9.84 Å². The molecule has 1 fully saturated rings. The summed E-state index contributed by atoms with van der Waals surface area (Å²) in [5.41, 5.74) is -0.0363. The Labute approximate surface area is 111 Å². The lowest BCUT2D eigenvalue weighted by Gasteiger charge is -2.36. The second-order valence-electron chi connectivity index (χ2n) is 4.13. The van der Waals surface area contributed by atoms with Gasteiger partial charge in [-0.3, -0.25) is 4.72 Å². The fourth-order valence-electron chi connectivity index (χ4n) is 1.71. The van der Waals surface area contributed by atoms with Crippen LogP contribution < -0.4 is 4.72 Å². The van der Waals surface area contributed by atoms with Crippen molar-refractivity contribution in [3.8, 4) is 0 Å². The summed E-state index contributed by atoms with van der Waals surface area (Å²) in [7, 11) is -2.22. The van der Waals surface area contributed by atoms with Crippen molar-refractivity contribution >= 4 is 21.9 Å². The first-order valence-electron chi connectivity index (χ1n) is 5.57. The highest BCUT2D eigenvalue weighted by Gasteiger charge is 2.36. The molecule has 2 N–H and O–H groups in total. The lowest BCUT2D eigenvalue weighted by molar-refractivity contribution is 0.0128. The molecule has 7 nitrogen and oxygen atoms in total. The van der Waals surface area contributed by atoms with E-state index in [0.717, 1.165) is 0 Å². The molecule has 0 atom stereocenters. The number of carbonyl (C=O) groups is 1. The third-order valence-corrected chi connectivity index (χ3v) is 4.34. The van der Waals surface area contributed by atoms with Crippen LogP contribution in [0.1, 0.15) is 10.4 Å². The molecule has 0 radical (unpaired) electrons. The number of para-hydroxylation sites is 1. The number of carboxylic acids is 1. The van der Waals surface area contributed by atoms with Gasteiger partial charge in [-0.1, -0.05) is 12.1 Å². The summed E-state index contributed by atoms with van der Waals surface area (Å²) in [6.45, 7) is 0.530. The molecule has 0 amide bonds. The normalized spacial score (nSPS) is 16.9. The van der Waals surface area contributed by atoms with Crippen molar-refractivity contribution in [1.29, 1.82) is 0 Å². The average Bonchev–Trinajstić information content (AvgIpc) is 2.26. The monoisotopic (exact) mass is 286 g/mol. The van der Waals surface area contributed by atoms with Gasteiger partial charge < -0.3 is 9.84 Å². The minimum absolute atomic E-state index is 0.0517. The Bertz CT molecular complexity index is 581. The third kappa shape index (κ3) is 2.86. The van der Waals surface area contributed by atoms with Crippen LogP contribution in [0, 0.1) is 0 Å². The van der Waals surface area contributed by atoms with Crippen molar-refractivity contribution in [3.05, 3.63) is 29.8 Å². The van der Waals surface area contributed by atoms with Gasteiger partial charge in [0.1, 0.15) is 0 Å². The van der Waals surface area contributed by atoms with Gasteiger partial charge in [0.25, 0.3) is 0 Å². The van der Waals surface area contributed by atoms with Gasteiger partial charge in [0.15, 0.2) is 0 Å². The van der Waals surface area contributed by atoms with Crippen LogP contribution in [-0.4, -0.2) is 50.1 Å². The SMILES string of the molecule is COC1CN(S(=O)(=O)Nc2ccccc2C(=O)O)C1. The van der Waals surface area contributed by atoms with E-state index in [1.807, 2.05) is 0 Å². The lowest BCUT2D eigenvalue weighted by Crippen LogP contribution is -2.55. The van der Waals surface area contributed by atoms with E-state index < -0.39 is 16.2 Å². The van der Waals surface area contributed by atoms with Crippen LogP contribution in [0.25, 0.3) is 0 Å². The molecule has 1 saturated heterocycles. The van der Waals surface area contributed by atoms with Crippen molar-refractivity contribution in [2.75, 3.05) is 24.9 Å². The van der Waals surface area contributed by atoms with E-state index in [-0.39, 0.29) is 30.4 Å². The summed E-state index contributed by atoms with van der Waals surface area (Å²) in [5, 5.41) is 8.98. The topological polar surface area (TPSA) is 95.9 Å². The highest BCUT2D eigenvalue weighted by molar-refractivity contribution is 7.90. The molecule has 0 aliphatic carbocycles. The Balaban J connectivity index is 2.15. The van der Waals surface area contributed by atoms with Gasteiger partial charge >= 0.3 is 16.2 Å². The number of carboxylic acid groups (broad SMARTS) is 1. The fourth-order valence-corrected chi connectivity index (χ4v) is 3.02. The molecule has 19 heavy (non-hydrogen) atoms. The summed E-state index contributed by atoms with van der Waals surface area (Å²) >= 11 is 0. The number of benzene rings is 1. The van der Waals surface area contributed by atoms with E-state index in [0.29, 0.717) is 0 Å². The third-order valence-electron chi connectivity index (χ3n) is 2.88. The number of rotatable bonds is 5. The van der Waals surface area contributed by atoms with Crippen molar-refractivity contribution in [2.24, 2.45) is 0 Å². The molecule has 1 heterocycles. The molecule has 0 bridgehead atoms. The summed E-state index contributed by atoms with van der Waals surface area (Å²) in [6, 6.07) is 5.85. The first kappa shape index (κ1) is 13.8. The zero-order valence-corrected chi connectivity index (χ0v) is 11.1. The Kier molecular flexibility index (Phi) is 3.74. The Morgan fingerprint density at radius 2 is 2.05 bits per heavy atom. The summed E-state index contributed by atoms with van der Waals surface area (Å²) in [4.78, 5) is 11.0. The molecular formula is C11H14N2O5S. The number of methoxy groups -OCH3 is 1. The quantitative estimate of drug-likeness (QED) is 0.815. The van der Waals surface area contributed by atoms with Gasteiger partial charge in [-0.05, 0) is 12.1 Å². The molecule has 0 aromatic heterocycles. The predicted molar refractivity (Wildman–Crippen MR) is 68.3 cm³/mol. The smallest absolute Gasteiger partial charge is 0.337 e. The largest absolute Gasteiger partial charge is 0.478 e. The molecule has 2 rings (SSSR count). The second kappa shape index (κ2) is 5.16. The molecule has 104 valence electrons.